The van der Waals surface area contributed by atoms with Gasteiger partial charge in [0.1, 0.15) is 0 Å². The summed E-state index contributed by atoms with van der Waals surface area (Å²) in [6, 6.07) is 5.53. The maximum absolute atomic E-state index is 11.7. The lowest BCUT2D eigenvalue weighted by Gasteiger charge is -2.26. The van der Waals surface area contributed by atoms with Crippen molar-refractivity contribution in [3.63, 3.8) is 0 Å². The van der Waals surface area contributed by atoms with Crippen molar-refractivity contribution in [2.45, 2.75) is 24.0 Å². The number of carbonyl (C=O) groups is 1. The minimum atomic E-state index is -0.0176. The van der Waals surface area contributed by atoms with Gasteiger partial charge in [0.25, 0.3) is 0 Å². The van der Waals surface area contributed by atoms with Gasteiger partial charge in [0.05, 0.1) is 10.9 Å². The van der Waals surface area contributed by atoms with Gasteiger partial charge in [0, 0.05) is 9.92 Å². The highest BCUT2D eigenvalue weighted by Gasteiger charge is 2.29. The molecule has 0 aliphatic carbocycles. The molecule has 80 valence electrons. The molecule has 1 aromatic carbocycles. The fourth-order valence-corrected chi connectivity index (χ4v) is 2.92. The monoisotopic (exact) mass is 241 g/mol. The van der Waals surface area contributed by atoms with Gasteiger partial charge in [-0.05, 0) is 24.1 Å². The molecule has 0 saturated heterocycles. The number of hydrogen-bond donors (Lipinski definition) is 1. The van der Waals surface area contributed by atoms with Crippen molar-refractivity contribution < 1.29 is 4.79 Å². The average Bonchev–Trinajstić information content (AvgIpc) is 2.17. The third kappa shape index (κ3) is 2.13. The number of thioether (sulfide) groups is 1. The molecule has 0 saturated carbocycles. The van der Waals surface area contributed by atoms with Crippen LogP contribution < -0.4 is 5.32 Å². The number of amides is 1. The molecule has 0 bridgehead atoms. The van der Waals surface area contributed by atoms with Gasteiger partial charge in [-0.3, -0.25) is 4.79 Å². The highest BCUT2D eigenvalue weighted by molar-refractivity contribution is 8.01. The van der Waals surface area contributed by atoms with Gasteiger partial charge in [-0.25, -0.2) is 0 Å². The third-order valence-corrected chi connectivity index (χ3v) is 4.16. The second kappa shape index (κ2) is 4.06. The Labute approximate surface area is 98.4 Å². The number of halogens is 1. The molecule has 1 atom stereocenters. The van der Waals surface area contributed by atoms with Gasteiger partial charge < -0.3 is 5.32 Å². The van der Waals surface area contributed by atoms with Crippen LogP contribution in [0.2, 0.25) is 5.02 Å². The number of carbonyl (C=O) groups excluding carboxylic acids is 1. The van der Waals surface area contributed by atoms with Crippen LogP contribution in [0.15, 0.2) is 23.1 Å². The zero-order chi connectivity index (χ0) is 11.0. The molecule has 0 fully saturated rings. The Kier molecular flexibility index (Phi) is 2.94. The summed E-state index contributed by atoms with van der Waals surface area (Å²) in [5, 5.41) is 3.59. The molecular formula is C11H12ClNOS. The molecule has 1 heterocycles. The molecule has 1 aromatic rings. The van der Waals surface area contributed by atoms with E-state index in [2.05, 4.69) is 5.32 Å². The van der Waals surface area contributed by atoms with Crippen LogP contribution in [0.3, 0.4) is 0 Å². The van der Waals surface area contributed by atoms with E-state index in [-0.39, 0.29) is 11.2 Å². The number of anilines is 1. The van der Waals surface area contributed by atoms with E-state index >= 15 is 0 Å². The smallest absolute Gasteiger partial charge is 0.238 e. The summed E-state index contributed by atoms with van der Waals surface area (Å²) >= 11 is 7.51. The van der Waals surface area contributed by atoms with Crippen LogP contribution in [0.5, 0.6) is 0 Å². The fraction of sp³-hybridized carbons (Fsp3) is 0.364. The summed E-state index contributed by atoms with van der Waals surface area (Å²) in [7, 11) is 0. The average molecular weight is 242 g/mol. The van der Waals surface area contributed by atoms with Gasteiger partial charge in [0.15, 0.2) is 0 Å². The topological polar surface area (TPSA) is 29.1 Å². The van der Waals surface area contributed by atoms with E-state index in [0.29, 0.717) is 10.9 Å². The van der Waals surface area contributed by atoms with Crippen LogP contribution in [0.1, 0.15) is 13.8 Å². The lowest BCUT2D eigenvalue weighted by molar-refractivity contribution is -0.116. The van der Waals surface area contributed by atoms with Crippen LogP contribution in [0, 0.1) is 5.92 Å². The van der Waals surface area contributed by atoms with E-state index in [1.807, 2.05) is 26.0 Å². The summed E-state index contributed by atoms with van der Waals surface area (Å²) in [6.45, 7) is 4.10. The summed E-state index contributed by atoms with van der Waals surface area (Å²) in [5.74, 6) is 0.409. The van der Waals surface area contributed by atoms with Gasteiger partial charge in [-0.2, -0.15) is 0 Å². The molecule has 2 rings (SSSR count). The minimum Gasteiger partial charge on any atom is -0.324 e. The Morgan fingerprint density at radius 2 is 2.20 bits per heavy atom. The molecule has 2 nitrogen and oxygen atoms in total. The van der Waals surface area contributed by atoms with Crippen LogP contribution in [0.4, 0.5) is 5.69 Å². The first kappa shape index (κ1) is 10.8. The quantitative estimate of drug-likeness (QED) is 0.817. The first-order valence-electron chi connectivity index (χ1n) is 4.85. The summed E-state index contributed by atoms with van der Waals surface area (Å²) in [4.78, 5) is 12.8. The standard InChI is InChI=1S/C11H12ClNOS/c1-6(2)10-11(14)13-8-4-3-7(12)5-9(8)15-10/h3-6,10H,1-2H3,(H,13,14). The number of nitrogens with one attached hydrogen (secondary N) is 1. The fourth-order valence-electron chi connectivity index (χ4n) is 1.53. The van der Waals surface area contributed by atoms with E-state index in [1.54, 1.807) is 17.8 Å². The van der Waals surface area contributed by atoms with Crippen molar-refractivity contribution in [3.05, 3.63) is 23.2 Å². The van der Waals surface area contributed by atoms with Gasteiger partial charge in [-0.15, -0.1) is 11.8 Å². The second-order valence-electron chi connectivity index (χ2n) is 3.91. The minimum absolute atomic E-state index is 0.0176. The molecule has 4 heteroatoms. The van der Waals surface area contributed by atoms with E-state index in [1.165, 1.54) is 0 Å². The van der Waals surface area contributed by atoms with Gasteiger partial charge in [0.2, 0.25) is 5.91 Å². The Bertz CT molecular complexity index is 406. The number of hydrogen-bond acceptors (Lipinski definition) is 2. The maximum atomic E-state index is 11.7. The molecular weight excluding hydrogens is 230 g/mol. The van der Waals surface area contributed by atoms with Crippen LogP contribution >= 0.6 is 23.4 Å². The Morgan fingerprint density at radius 1 is 1.47 bits per heavy atom. The Morgan fingerprint density at radius 3 is 2.87 bits per heavy atom. The number of rotatable bonds is 1. The normalized spacial score (nSPS) is 20.0. The molecule has 1 aliphatic heterocycles. The zero-order valence-corrected chi connectivity index (χ0v) is 10.2. The number of benzene rings is 1. The molecule has 0 radical (unpaired) electrons. The largest absolute Gasteiger partial charge is 0.324 e. The predicted molar refractivity (Wildman–Crippen MR) is 64.6 cm³/mol. The number of fused-ring (bicyclic) bond motifs is 1. The molecule has 0 spiro atoms. The van der Waals surface area contributed by atoms with Crippen molar-refractivity contribution in [2.24, 2.45) is 5.92 Å². The van der Waals surface area contributed by atoms with Crippen molar-refractivity contribution in [3.8, 4) is 0 Å². The van der Waals surface area contributed by atoms with Crippen LogP contribution in [-0.4, -0.2) is 11.2 Å². The predicted octanol–water partition coefficient (Wildman–Crippen LogP) is 3.41. The highest BCUT2D eigenvalue weighted by Crippen LogP contribution is 2.39. The lowest BCUT2D eigenvalue weighted by atomic mass is 10.1. The molecule has 1 unspecified atom stereocenters. The van der Waals surface area contributed by atoms with Crippen molar-refractivity contribution in [2.75, 3.05) is 5.32 Å². The van der Waals surface area contributed by atoms with E-state index in [4.69, 9.17) is 11.6 Å². The maximum Gasteiger partial charge on any atom is 0.238 e. The summed E-state index contributed by atoms with van der Waals surface area (Å²) < 4.78 is 0. The summed E-state index contributed by atoms with van der Waals surface area (Å²) in [6.07, 6.45) is 0. The molecule has 1 aliphatic rings. The van der Waals surface area contributed by atoms with Crippen LogP contribution in [0.25, 0.3) is 0 Å². The molecule has 1 amide bonds. The molecule has 1 N–H and O–H groups in total. The first-order valence-corrected chi connectivity index (χ1v) is 6.11. The van der Waals surface area contributed by atoms with Crippen molar-refractivity contribution in [1.29, 1.82) is 0 Å². The van der Waals surface area contributed by atoms with E-state index in [0.717, 1.165) is 10.6 Å². The first-order chi connectivity index (χ1) is 7.08. The zero-order valence-electron chi connectivity index (χ0n) is 8.58. The van der Waals surface area contributed by atoms with E-state index in [9.17, 15) is 4.79 Å². The highest BCUT2D eigenvalue weighted by atomic mass is 35.5. The second-order valence-corrected chi connectivity index (χ2v) is 5.53. The molecule has 0 aromatic heterocycles. The van der Waals surface area contributed by atoms with Crippen LogP contribution in [-0.2, 0) is 4.79 Å². The van der Waals surface area contributed by atoms with Gasteiger partial charge >= 0.3 is 0 Å². The molecule has 15 heavy (non-hydrogen) atoms. The van der Waals surface area contributed by atoms with Gasteiger partial charge in [-0.1, -0.05) is 25.4 Å². The van der Waals surface area contributed by atoms with Crippen molar-refractivity contribution >= 4 is 35.0 Å². The Balaban J connectivity index is 2.34. The van der Waals surface area contributed by atoms with Crippen molar-refractivity contribution in [1.82, 2.24) is 0 Å². The Hall–Kier alpha value is -0.670. The summed E-state index contributed by atoms with van der Waals surface area (Å²) in [5.41, 5.74) is 0.867. The third-order valence-electron chi connectivity index (χ3n) is 2.32. The SMILES string of the molecule is CC(C)C1Sc2cc(Cl)ccc2NC1=O. The lowest BCUT2D eigenvalue weighted by Crippen LogP contribution is -2.32. The van der Waals surface area contributed by atoms with E-state index < -0.39 is 0 Å².